The summed E-state index contributed by atoms with van der Waals surface area (Å²) in [6.07, 6.45) is 2.33. The second-order valence-corrected chi connectivity index (χ2v) is 6.90. The van der Waals surface area contributed by atoms with E-state index in [-0.39, 0.29) is 0 Å². The van der Waals surface area contributed by atoms with Crippen molar-refractivity contribution < 1.29 is 0 Å². The van der Waals surface area contributed by atoms with Gasteiger partial charge in [0.05, 0.1) is 0 Å². The SMILES string of the molecule is CCN1CCc2c(n(Cc3ccccc3)c3cccc(C)c23)CC1. The molecule has 4 rings (SSSR count). The number of benzene rings is 2. The topological polar surface area (TPSA) is 8.17 Å². The van der Waals surface area contributed by atoms with Crippen molar-refractivity contribution in [1.29, 1.82) is 0 Å². The minimum absolute atomic E-state index is 0.974. The summed E-state index contributed by atoms with van der Waals surface area (Å²) < 4.78 is 2.58. The molecule has 0 saturated carbocycles. The van der Waals surface area contributed by atoms with Crippen molar-refractivity contribution in [2.24, 2.45) is 0 Å². The van der Waals surface area contributed by atoms with Crippen LogP contribution in [0.15, 0.2) is 48.5 Å². The lowest BCUT2D eigenvalue weighted by molar-refractivity contribution is 0.302. The van der Waals surface area contributed by atoms with Crippen molar-refractivity contribution in [3.63, 3.8) is 0 Å². The van der Waals surface area contributed by atoms with Gasteiger partial charge in [-0.05, 0) is 42.6 Å². The Balaban J connectivity index is 1.86. The lowest BCUT2D eigenvalue weighted by Gasteiger charge is -2.17. The summed E-state index contributed by atoms with van der Waals surface area (Å²) in [5.41, 5.74) is 7.36. The van der Waals surface area contributed by atoms with E-state index in [9.17, 15) is 0 Å². The fourth-order valence-electron chi connectivity index (χ4n) is 4.19. The predicted molar refractivity (Wildman–Crippen MR) is 102 cm³/mol. The number of rotatable bonds is 3. The lowest BCUT2D eigenvalue weighted by Crippen LogP contribution is -2.26. The van der Waals surface area contributed by atoms with Gasteiger partial charge in [-0.1, -0.05) is 49.4 Å². The van der Waals surface area contributed by atoms with Gasteiger partial charge in [0.25, 0.3) is 0 Å². The van der Waals surface area contributed by atoms with Crippen LogP contribution in [0.25, 0.3) is 10.9 Å². The number of aryl methyl sites for hydroxylation is 1. The highest BCUT2D eigenvalue weighted by Crippen LogP contribution is 2.32. The quantitative estimate of drug-likeness (QED) is 0.694. The van der Waals surface area contributed by atoms with E-state index in [1.807, 2.05) is 0 Å². The van der Waals surface area contributed by atoms with Gasteiger partial charge in [-0.25, -0.2) is 0 Å². The molecule has 1 aliphatic rings. The molecule has 0 fully saturated rings. The van der Waals surface area contributed by atoms with E-state index in [1.54, 1.807) is 11.3 Å². The largest absolute Gasteiger partial charge is 0.340 e. The molecule has 0 aliphatic carbocycles. The molecule has 0 bridgehead atoms. The van der Waals surface area contributed by atoms with E-state index in [0.29, 0.717) is 0 Å². The first-order chi connectivity index (χ1) is 11.8. The van der Waals surface area contributed by atoms with Crippen LogP contribution in [-0.4, -0.2) is 29.1 Å². The number of likely N-dealkylation sites (N-methyl/N-ethyl adjacent to an activating group) is 1. The molecule has 0 N–H and O–H groups in total. The molecule has 0 spiro atoms. The minimum atomic E-state index is 0.974. The van der Waals surface area contributed by atoms with E-state index in [2.05, 4.69) is 71.8 Å². The molecule has 2 heterocycles. The number of hydrogen-bond acceptors (Lipinski definition) is 1. The summed E-state index contributed by atoms with van der Waals surface area (Å²) in [7, 11) is 0. The van der Waals surface area contributed by atoms with Crippen molar-refractivity contribution in [3.05, 3.63) is 70.9 Å². The number of nitrogens with zero attached hydrogens (tertiary/aromatic N) is 2. The molecule has 2 nitrogen and oxygen atoms in total. The molecule has 2 aromatic carbocycles. The molecule has 1 aliphatic heterocycles. The summed E-state index contributed by atoms with van der Waals surface area (Å²) >= 11 is 0. The molecule has 124 valence electrons. The zero-order valence-electron chi connectivity index (χ0n) is 14.8. The van der Waals surface area contributed by atoms with Crippen LogP contribution in [0.4, 0.5) is 0 Å². The van der Waals surface area contributed by atoms with Crippen LogP contribution in [0.2, 0.25) is 0 Å². The smallest absolute Gasteiger partial charge is 0.0491 e. The Morgan fingerprint density at radius 3 is 2.50 bits per heavy atom. The first-order valence-corrected chi connectivity index (χ1v) is 9.13. The van der Waals surface area contributed by atoms with Gasteiger partial charge >= 0.3 is 0 Å². The van der Waals surface area contributed by atoms with Crippen molar-refractivity contribution in [2.75, 3.05) is 19.6 Å². The Morgan fingerprint density at radius 1 is 0.917 bits per heavy atom. The third kappa shape index (κ3) is 2.65. The summed E-state index contributed by atoms with van der Waals surface area (Å²) in [6.45, 7) is 9.02. The van der Waals surface area contributed by atoms with Crippen molar-refractivity contribution in [2.45, 2.75) is 33.2 Å². The second kappa shape index (κ2) is 6.45. The normalized spacial score (nSPS) is 15.4. The molecule has 3 aromatic rings. The van der Waals surface area contributed by atoms with Crippen LogP contribution in [0.5, 0.6) is 0 Å². The monoisotopic (exact) mass is 318 g/mol. The van der Waals surface area contributed by atoms with E-state index in [1.165, 1.54) is 41.5 Å². The lowest BCUT2D eigenvalue weighted by atomic mass is 10.0. The average molecular weight is 318 g/mol. The molecule has 0 radical (unpaired) electrons. The summed E-state index contributed by atoms with van der Waals surface area (Å²) in [5.74, 6) is 0. The minimum Gasteiger partial charge on any atom is -0.340 e. The van der Waals surface area contributed by atoms with Crippen LogP contribution in [-0.2, 0) is 19.4 Å². The molecule has 2 heteroatoms. The Hall–Kier alpha value is -2.06. The number of fused-ring (bicyclic) bond motifs is 3. The van der Waals surface area contributed by atoms with Gasteiger partial charge in [0.2, 0.25) is 0 Å². The zero-order chi connectivity index (χ0) is 16.5. The average Bonchev–Trinajstić information content (AvgIpc) is 2.77. The summed E-state index contributed by atoms with van der Waals surface area (Å²) in [5, 5.41) is 1.50. The highest BCUT2D eigenvalue weighted by Gasteiger charge is 2.22. The predicted octanol–water partition coefficient (Wildman–Crippen LogP) is 4.42. The van der Waals surface area contributed by atoms with Crippen LogP contribution in [0.1, 0.15) is 29.3 Å². The molecule has 24 heavy (non-hydrogen) atoms. The molecule has 1 aromatic heterocycles. The van der Waals surface area contributed by atoms with E-state index >= 15 is 0 Å². The van der Waals surface area contributed by atoms with Gasteiger partial charge < -0.3 is 9.47 Å². The van der Waals surface area contributed by atoms with Gasteiger partial charge in [-0.2, -0.15) is 0 Å². The maximum absolute atomic E-state index is 2.58. The van der Waals surface area contributed by atoms with Gasteiger partial charge in [0.1, 0.15) is 0 Å². The van der Waals surface area contributed by atoms with E-state index in [0.717, 1.165) is 19.5 Å². The maximum atomic E-state index is 2.58. The molecular weight excluding hydrogens is 292 g/mol. The summed E-state index contributed by atoms with van der Waals surface area (Å²) in [4.78, 5) is 2.58. The maximum Gasteiger partial charge on any atom is 0.0491 e. The first kappa shape index (κ1) is 15.5. The third-order valence-electron chi connectivity index (χ3n) is 5.49. The van der Waals surface area contributed by atoms with Gasteiger partial charge in [0, 0.05) is 42.7 Å². The molecule has 0 saturated heterocycles. The van der Waals surface area contributed by atoms with Crippen molar-refractivity contribution in [1.82, 2.24) is 9.47 Å². The highest BCUT2D eigenvalue weighted by atomic mass is 15.1. The molecule has 0 atom stereocenters. The van der Waals surface area contributed by atoms with Crippen molar-refractivity contribution >= 4 is 10.9 Å². The van der Waals surface area contributed by atoms with Gasteiger partial charge in [0.15, 0.2) is 0 Å². The fourth-order valence-corrected chi connectivity index (χ4v) is 4.19. The van der Waals surface area contributed by atoms with E-state index in [4.69, 9.17) is 0 Å². The molecular formula is C22H26N2. The van der Waals surface area contributed by atoms with E-state index < -0.39 is 0 Å². The van der Waals surface area contributed by atoms with Gasteiger partial charge in [-0.3, -0.25) is 0 Å². The molecule has 0 amide bonds. The number of aromatic nitrogens is 1. The zero-order valence-corrected chi connectivity index (χ0v) is 14.8. The first-order valence-electron chi connectivity index (χ1n) is 9.13. The van der Waals surface area contributed by atoms with Crippen LogP contribution >= 0.6 is 0 Å². The van der Waals surface area contributed by atoms with Crippen LogP contribution in [0, 0.1) is 6.92 Å². The van der Waals surface area contributed by atoms with Gasteiger partial charge in [-0.15, -0.1) is 0 Å². The van der Waals surface area contributed by atoms with Crippen LogP contribution < -0.4 is 0 Å². The fraction of sp³-hybridized carbons (Fsp3) is 0.364. The van der Waals surface area contributed by atoms with Crippen molar-refractivity contribution in [3.8, 4) is 0 Å². The number of hydrogen-bond donors (Lipinski definition) is 0. The molecule has 0 unspecified atom stereocenters. The summed E-state index contributed by atoms with van der Waals surface area (Å²) in [6, 6.07) is 17.6. The Bertz CT molecular complexity index is 845. The Labute approximate surface area is 144 Å². The second-order valence-electron chi connectivity index (χ2n) is 6.90. The Kier molecular flexibility index (Phi) is 4.15. The highest BCUT2D eigenvalue weighted by molar-refractivity contribution is 5.89. The standard InChI is InChI=1S/C22H26N2/c1-3-23-14-12-19-20(13-15-23)24(16-18-9-5-4-6-10-18)21-11-7-8-17(2)22(19)21/h4-11H,3,12-16H2,1-2H3. The Morgan fingerprint density at radius 2 is 1.71 bits per heavy atom. The third-order valence-corrected chi connectivity index (χ3v) is 5.49. The van der Waals surface area contributed by atoms with Crippen LogP contribution in [0.3, 0.4) is 0 Å².